The lowest BCUT2D eigenvalue weighted by atomic mass is 9.80. The van der Waals surface area contributed by atoms with E-state index in [-0.39, 0.29) is 18.6 Å². The van der Waals surface area contributed by atoms with Crippen LogP contribution in [0.25, 0.3) is 0 Å². The number of rotatable bonds is 3. The van der Waals surface area contributed by atoms with E-state index in [1.807, 2.05) is 0 Å². The molecule has 3 nitrogen and oxygen atoms in total. The highest BCUT2D eigenvalue weighted by Gasteiger charge is 2.54. The number of hydrogen-bond acceptors (Lipinski definition) is 4. The standard InChI is InChI=1S/C11H12BrF2NO2S/c12-18-7-1-2-9-8(5-7)10(15,3-4-17-9)11(13,14)6-16/h1-2,5,16H,3-4,6,15H2/t10-/m0/s1. The molecule has 1 aliphatic rings. The maximum atomic E-state index is 13.9. The molecule has 0 unspecified atom stereocenters. The predicted octanol–water partition coefficient (Wildman–Crippen LogP) is 2.65. The topological polar surface area (TPSA) is 55.5 Å². The van der Waals surface area contributed by atoms with E-state index in [1.165, 1.54) is 10.2 Å². The smallest absolute Gasteiger partial charge is 0.292 e. The summed E-state index contributed by atoms with van der Waals surface area (Å²) in [5, 5.41) is 8.88. The van der Waals surface area contributed by atoms with Gasteiger partial charge in [-0.25, -0.2) is 8.78 Å². The summed E-state index contributed by atoms with van der Waals surface area (Å²) < 4.78 is 33.1. The van der Waals surface area contributed by atoms with E-state index >= 15 is 0 Å². The number of halogens is 3. The molecule has 0 bridgehead atoms. The van der Waals surface area contributed by atoms with Crippen molar-refractivity contribution in [1.29, 1.82) is 0 Å². The molecule has 1 aromatic carbocycles. The summed E-state index contributed by atoms with van der Waals surface area (Å²) in [4.78, 5) is 0.753. The second-order valence-electron chi connectivity index (χ2n) is 4.17. The van der Waals surface area contributed by atoms with Gasteiger partial charge in [0.25, 0.3) is 5.92 Å². The van der Waals surface area contributed by atoms with Crippen LogP contribution in [0.3, 0.4) is 0 Å². The fourth-order valence-electron chi connectivity index (χ4n) is 2.01. The summed E-state index contributed by atoms with van der Waals surface area (Å²) in [5.41, 5.74) is 4.21. The summed E-state index contributed by atoms with van der Waals surface area (Å²) in [6.07, 6.45) is -0.0377. The molecular weight excluding hydrogens is 328 g/mol. The van der Waals surface area contributed by atoms with Gasteiger partial charge in [-0.2, -0.15) is 0 Å². The van der Waals surface area contributed by atoms with Crippen LogP contribution in [0.2, 0.25) is 0 Å². The van der Waals surface area contributed by atoms with Gasteiger partial charge in [0.05, 0.1) is 6.61 Å². The second kappa shape index (κ2) is 4.96. The van der Waals surface area contributed by atoms with Crippen LogP contribution < -0.4 is 10.5 Å². The number of benzene rings is 1. The second-order valence-corrected chi connectivity index (χ2v) is 5.76. The predicted molar refractivity (Wildman–Crippen MR) is 69.2 cm³/mol. The van der Waals surface area contributed by atoms with Crippen LogP contribution >= 0.6 is 25.0 Å². The lowest BCUT2D eigenvalue weighted by Gasteiger charge is -2.40. The minimum Gasteiger partial charge on any atom is -0.493 e. The maximum Gasteiger partial charge on any atom is 0.292 e. The number of hydrogen-bond donors (Lipinski definition) is 2. The van der Waals surface area contributed by atoms with Gasteiger partial charge in [-0.15, -0.1) is 0 Å². The molecule has 3 N–H and O–H groups in total. The highest BCUT2D eigenvalue weighted by atomic mass is 79.9. The minimum absolute atomic E-state index is 0.0377. The lowest BCUT2D eigenvalue weighted by Crippen LogP contribution is -2.57. The summed E-state index contributed by atoms with van der Waals surface area (Å²) in [6, 6.07) is 4.94. The molecule has 0 saturated carbocycles. The molecule has 0 radical (unpaired) electrons. The van der Waals surface area contributed by atoms with Crippen LogP contribution in [-0.2, 0) is 5.54 Å². The van der Waals surface area contributed by atoms with E-state index in [0.29, 0.717) is 5.75 Å². The fraction of sp³-hybridized carbons (Fsp3) is 0.455. The molecule has 18 heavy (non-hydrogen) atoms. The van der Waals surface area contributed by atoms with Crippen molar-refractivity contribution in [2.75, 3.05) is 13.2 Å². The fourth-order valence-corrected chi connectivity index (χ4v) is 2.90. The monoisotopic (exact) mass is 339 g/mol. The molecular formula is C11H12BrF2NO2S. The van der Waals surface area contributed by atoms with Crippen LogP contribution in [-0.4, -0.2) is 24.2 Å². The lowest BCUT2D eigenvalue weighted by molar-refractivity contribution is -0.124. The van der Waals surface area contributed by atoms with Gasteiger partial charge < -0.3 is 15.6 Å². The third-order valence-corrected chi connectivity index (χ3v) is 4.68. The van der Waals surface area contributed by atoms with Gasteiger partial charge in [0.2, 0.25) is 0 Å². The maximum absolute atomic E-state index is 13.9. The Morgan fingerprint density at radius 2 is 2.28 bits per heavy atom. The third kappa shape index (κ3) is 2.13. The van der Waals surface area contributed by atoms with Crippen molar-refractivity contribution >= 4 is 25.0 Å². The SMILES string of the molecule is N[C@@]1(C(F)(F)CO)CCOc2ccc(SBr)cc21. The van der Waals surface area contributed by atoms with Crippen LogP contribution in [0.5, 0.6) is 5.75 Å². The van der Waals surface area contributed by atoms with Crippen LogP contribution in [0.4, 0.5) is 8.78 Å². The number of nitrogens with two attached hydrogens (primary N) is 1. The molecule has 2 rings (SSSR count). The van der Waals surface area contributed by atoms with Crippen LogP contribution in [0.1, 0.15) is 12.0 Å². The molecule has 1 aromatic rings. The van der Waals surface area contributed by atoms with Crippen molar-refractivity contribution in [3.05, 3.63) is 23.8 Å². The Balaban J connectivity index is 2.55. The van der Waals surface area contributed by atoms with Crippen LogP contribution in [0, 0.1) is 0 Å². The number of alkyl halides is 2. The molecule has 1 aliphatic heterocycles. The van der Waals surface area contributed by atoms with Crippen LogP contribution in [0.15, 0.2) is 23.1 Å². The van der Waals surface area contributed by atoms with E-state index < -0.39 is 18.1 Å². The first-order valence-electron chi connectivity index (χ1n) is 5.28. The molecule has 100 valence electrons. The van der Waals surface area contributed by atoms with Crippen molar-refractivity contribution in [3.63, 3.8) is 0 Å². The van der Waals surface area contributed by atoms with Crippen molar-refractivity contribution in [1.82, 2.24) is 0 Å². The Bertz CT molecular complexity index is 461. The van der Waals surface area contributed by atoms with E-state index in [1.54, 1.807) is 18.2 Å². The van der Waals surface area contributed by atoms with Gasteiger partial charge >= 0.3 is 0 Å². The van der Waals surface area contributed by atoms with E-state index in [4.69, 9.17) is 15.6 Å². The van der Waals surface area contributed by atoms with Gasteiger partial charge in [0.1, 0.15) is 17.9 Å². The highest BCUT2D eigenvalue weighted by molar-refractivity contribution is 9.50. The number of ether oxygens (including phenoxy) is 1. The number of fused-ring (bicyclic) bond motifs is 1. The first-order valence-corrected chi connectivity index (χ1v) is 7.94. The molecule has 0 aromatic heterocycles. The number of aliphatic hydroxyl groups excluding tert-OH is 1. The Hall–Kier alpha value is -0.370. The Kier molecular flexibility index (Phi) is 3.87. The highest BCUT2D eigenvalue weighted by Crippen LogP contribution is 2.46. The number of aliphatic hydroxyl groups is 1. The van der Waals surface area contributed by atoms with Crippen molar-refractivity contribution in [3.8, 4) is 5.75 Å². The zero-order valence-corrected chi connectivity index (χ0v) is 11.7. The average molecular weight is 340 g/mol. The molecule has 0 spiro atoms. The van der Waals surface area contributed by atoms with E-state index in [2.05, 4.69) is 14.8 Å². The molecule has 0 fully saturated rings. The van der Waals surface area contributed by atoms with E-state index in [0.717, 1.165) is 4.90 Å². The first-order chi connectivity index (χ1) is 8.44. The minimum atomic E-state index is -3.39. The normalized spacial score (nSPS) is 23.4. The molecule has 0 aliphatic carbocycles. The summed E-state index contributed by atoms with van der Waals surface area (Å²) in [6.45, 7) is -1.17. The molecule has 0 saturated heterocycles. The van der Waals surface area contributed by atoms with Gasteiger partial charge in [-0.1, -0.05) is 0 Å². The van der Waals surface area contributed by atoms with Crippen molar-refractivity contribution in [2.45, 2.75) is 22.8 Å². The molecule has 1 atom stereocenters. The van der Waals surface area contributed by atoms with Crippen molar-refractivity contribution < 1.29 is 18.6 Å². The summed E-state index contributed by atoms with van der Waals surface area (Å²) in [5.74, 6) is -3.04. The molecule has 0 amide bonds. The summed E-state index contributed by atoms with van der Waals surface area (Å²) in [7, 11) is 1.25. The Labute approximate surface area is 115 Å². The van der Waals surface area contributed by atoms with Gasteiger partial charge in [-0.05, 0) is 43.2 Å². The Morgan fingerprint density at radius 3 is 2.89 bits per heavy atom. The average Bonchev–Trinajstić information content (AvgIpc) is 2.38. The van der Waals surface area contributed by atoms with Gasteiger partial charge in [0.15, 0.2) is 0 Å². The zero-order chi connectivity index (χ0) is 13.4. The van der Waals surface area contributed by atoms with Gasteiger partial charge in [0, 0.05) is 16.9 Å². The first kappa shape index (κ1) is 14.0. The van der Waals surface area contributed by atoms with Crippen molar-refractivity contribution in [2.24, 2.45) is 5.73 Å². The summed E-state index contributed by atoms with van der Waals surface area (Å²) >= 11 is 3.19. The Morgan fingerprint density at radius 1 is 1.56 bits per heavy atom. The largest absolute Gasteiger partial charge is 0.493 e. The molecule has 1 heterocycles. The van der Waals surface area contributed by atoms with Gasteiger partial charge in [-0.3, -0.25) is 0 Å². The quantitative estimate of drug-likeness (QED) is 0.888. The van der Waals surface area contributed by atoms with E-state index in [9.17, 15) is 8.78 Å². The third-order valence-electron chi connectivity index (χ3n) is 3.13. The molecule has 7 heteroatoms. The zero-order valence-electron chi connectivity index (χ0n) is 9.33.